The monoisotopic (exact) mass is 403 g/mol. The summed E-state index contributed by atoms with van der Waals surface area (Å²) in [7, 11) is 0. The van der Waals surface area contributed by atoms with Crippen LogP contribution in [0.15, 0.2) is 64.5 Å². The molecule has 0 radical (unpaired) electrons. The van der Waals surface area contributed by atoms with Gasteiger partial charge in [-0.05, 0) is 37.5 Å². The summed E-state index contributed by atoms with van der Waals surface area (Å²) in [4.78, 5) is 20.0. The SMILES string of the molecule is C[C@H](Sc1nnc(C2CC2)n1Cc1ccccc1)c1nc2ccccc2c(=O)[nH]1. The van der Waals surface area contributed by atoms with Crippen LogP contribution >= 0.6 is 11.8 Å². The standard InChI is InChI=1S/C22H21N5OS/c1-14(19-23-18-10-6-5-9-17(18)21(28)24-19)29-22-26-25-20(16-11-12-16)27(22)13-15-7-3-2-4-8-15/h2-10,14,16H,11-13H2,1H3,(H,23,24,28)/t14-/m0/s1. The molecule has 7 heteroatoms. The van der Waals surface area contributed by atoms with E-state index in [-0.39, 0.29) is 10.8 Å². The maximum absolute atomic E-state index is 12.4. The average Bonchev–Trinajstić information content (AvgIpc) is 3.52. The topological polar surface area (TPSA) is 76.5 Å². The average molecular weight is 404 g/mol. The lowest BCUT2D eigenvalue weighted by molar-refractivity contribution is 0.666. The lowest BCUT2D eigenvalue weighted by Gasteiger charge is -2.13. The van der Waals surface area contributed by atoms with Gasteiger partial charge in [-0.3, -0.25) is 4.79 Å². The lowest BCUT2D eigenvalue weighted by atomic mass is 10.2. The van der Waals surface area contributed by atoms with Crippen molar-refractivity contribution in [3.63, 3.8) is 0 Å². The smallest absolute Gasteiger partial charge is 0.258 e. The first-order chi connectivity index (χ1) is 14.2. The van der Waals surface area contributed by atoms with Crippen molar-refractivity contribution in [2.75, 3.05) is 0 Å². The first kappa shape index (κ1) is 18.1. The van der Waals surface area contributed by atoms with Crippen LogP contribution in [0.1, 0.15) is 48.1 Å². The van der Waals surface area contributed by atoms with Gasteiger partial charge in [0, 0.05) is 5.92 Å². The van der Waals surface area contributed by atoms with Crippen molar-refractivity contribution in [2.24, 2.45) is 0 Å². The van der Waals surface area contributed by atoms with Gasteiger partial charge < -0.3 is 9.55 Å². The number of aromatic nitrogens is 5. The molecule has 0 aliphatic heterocycles. The van der Waals surface area contributed by atoms with Gasteiger partial charge >= 0.3 is 0 Å². The Bertz CT molecular complexity index is 1210. The number of hydrogen-bond acceptors (Lipinski definition) is 5. The zero-order valence-electron chi connectivity index (χ0n) is 16.1. The molecule has 4 aromatic rings. The molecule has 29 heavy (non-hydrogen) atoms. The first-order valence-electron chi connectivity index (χ1n) is 9.81. The fraction of sp³-hybridized carbons (Fsp3) is 0.273. The van der Waals surface area contributed by atoms with E-state index in [0.717, 1.165) is 17.5 Å². The van der Waals surface area contributed by atoms with Gasteiger partial charge in [0.1, 0.15) is 11.6 Å². The van der Waals surface area contributed by atoms with Crippen molar-refractivity contribution in [1.29, 1.82) is 0 Å². The zero-order chi connectivity index (χ0) is 19.8. The zero-order valence-corrected chi connectivity index (χ0v) is 16.9. The molecule has 146 valence electrons. The molecule has 5 rings (SSSR count). The minimum Gasteiger partial charge on any atom is -0.309 e. The molecule has 0 unspecified atom stereocenters. The highest BCUT2D eigenvalue weighted by Crippen LogP contribution is 2.41. The van der Waals surface area contributed by atoms with Crippen molar-refractivity contribution in [3.05, 3.63) is 82.2 Å². The van der Waals surface area contributed by atoms with Crippen LogP contribution in [-0.4, -0.2) is 24.7 Å². The summed E-state index contributed by atoms with van der Waals surface area (Å²) in [5, 5.41) is 10.4. The summed E-state index contributed by atoms with van der Waals surface area (Å²) < 4.78 is 2.22. The Morgan fingerprint density at radius 3 is 2.66 bits per heavy atom. The van der Waals surface area contributed by atoms with Crippen molar-refractivity contribution in [3.8, 4) is 0 Å². The van der Waals surface area contributed by atoms with E-state index in [0.29, 0.717) is 22.6 Å². The molecular formula is C22H21N5OS. The Morgan fingerprint density at radius 1 is 1.10 bits per heavy atom. The molecule has 1 aliphatic rings. The molecule has 2 aromatic heterocycles. The van der Waals surface area contributed by atoms with Crippen molar-refractivity contribution >= 4 is 22.7 Å². The number of fused-ring (bicyclic) bond motifs is 1. The molecule has 0 spiro atoms. The van der Waals surface area contributed by atoms with E-state index in [1.54, 1.807) is 17.8 Å². The van der Waals surface area contributed by atoms with Gasteiger partial charge in [0.05, 0.1) is 22.7 Å². The maximum atomic E-state index is 12.4. The molecule has 2 heterocycles. The Morgan fingerprint density at radius 2 is 1.86 bits per heavy atom. The Balaban J connectivity index is 1.46. The predicted octanol–water partition coefficient (Wildman–Crippen LogP) is 4.29. The molecular weight excluding hydrogens is 382 g/mol. The first-order valence-corrected chi connectivity index (χ1v) is 10.7. The van der Waals surface area contributed by atoms with E-state index in [1.165, 1.54) is 18.4 Å². The van der Waals surface area contributed by atoms with Gasteiger partial charge in [-0.1, -0.05) is 54.2 Å². The second-order valence-electron chi connectivity index (χ2n) is 7.42. The molecule has 1 N–H and O–H groups in total. The van der Waals surface area contributed by atoms with Crippen LogP contribution in [0.2, 0.25) is 0 Å². The highest BCUT2D eigenvalue weighted by molar-refractivity contribution is 7.99. The third-order valence-electron chi connectivity index (χ3n) is 5.17. The molecule has 2 aromatic carbocycles. The summed E-state index contributed by atoms with van der Waals surface area (Å²) in [6, 6.07) is 17.8. The number of nitrogens with one attached hydrogen (secondary N) is 1. The molecule has 1 atom stereocenters. The normalized spacial score (nSPS) is 14.9. The fourth-order valence-corrected chi connectivity index (χ4v) is 4.37. The number of H-pyrrole nitrogens is 1. The van der Waals surface area contributed by atoms with Gasteiger partial charge in [-0.25, -0.2) is 4.98 Å². The molecule has 0 amide bonds. The number of nitrogens with zero attached hydrogens (tertiary/aromatic N) is 4. The maximum Gasteiger partial charge on any atom is 0.258 e. The van der Waals surface area contributed by atoms with Gasteiger partial charge in [0.25, 0.3) is 5.56 Å². The minimum atomic E-state index is -0.109. The van der Waals surface area contributed by atoms with Crippen LogP contribution < -0.4 is 5.56 Å². The number of thioether (sulfide) groups is 1. The number of rotatable bonds is 6. The van der Waals surface area contributed by atoms with E-state index in [1.807, 2.05) is 31.2 Å². The third-order valence-corrected chi connectivity index (χ3v) is 6.26. The van der Waals surface area contributed by atoms with Crippen molar-refractivity contribution in [2.45, 2.75) is 42.6 Å². The number of aromatic amines is 1. The highest BCUT2D eigenvalue weighted by Gasteiger charge is 2.31. The van der Waals surface area contributed by atoms with Crippen LogP contribution in [0, 0.1) is 0 Å². The molecule has 0 bridgehead atoms. The molecule has 6 nitrogen and oxygen atoms in total. The van der Waals surface area contributed by atoms with Crippen LogP contribution in [0.3, 0.4) is 0 Å². The second-order valence-corrected chi connectivity index (χ2v) is 8.72. The summed E-state index contributed by atoms with van der Waals surface area (Å²) >= 11 is 1.58. The summed E-state index contributed by atoms with van der Waals surface area (Å²) in [5.41, 5.74) is 1.83. The van der Waals surface area contributed by atoms with E-state index in [4.69, 9.17) is 0 Å². The Hall–Kier alpha value is -2.93. The fourth-order valence-electron chi connectivity index (χ4n) is 3.46. The van der Waals surface area contributed by atoms with Crippen molar-refractivity contribution < 1.29 is 0 Å². The molecule has 1 aliphatic carbocycles. The second kappa shape index (κ2) is 7.48. The lowest BCUT2D eigenvalue weighted by Crippen LogP contribution is -2.13. The van der Waals surface area contributed by atoms with Crippen LogP contribution in [0.5, 0.6) is 0 Å². The van der Waals surface area contributed by atoms with Crippen LogP contribution in [0.25, 0.3) is 10.9 Å². The van der Waals surface area contributed by atoms with Gasteiger partial charge in [-0.2, -0.15) is 0 Å². The van der Waals surface area contributed by atoms with Crippen molar-refractivity contribution in [1.82, 2.24) is 24.7 Å². The van der Waals surface area contributed by atoms with E-state index >= 15 is 0 Å². The predicted molar refractivity (Wildman–Crippen MR) is 114 cm³/mol. The van der Waals surface area contributed by atoms with Crippen LogP contribution in [-0.2, 0) is 6.54 Å². The Labute approximate surface area is 172 Å². The summed E-state index contributed by atoms with van der Waals surface area (Å²) in [6.45, 7) is 2.78. The quantitative estimate of drug-likeness (QED) is 0.486. The Kier molecular flexibility index (Phi) is 4.67. The largest absolute Gasteiger partial charge is 0.309 e. The summed E-state index contributed by atoms with van der Waals surface area (Å²) in [6.07, 6.45) is 2.35. The summed E-state index contributed by atoms with van der Waals surface area (Å²) in [5.74, 6) is 2.22. The van der Waals surface area contributed by atoms with Crippen LogP contribution in [0.4, 0.5) is 0 Å². The molecule has 1 fully saturated rings. The van der Waals surface area contributed by atoms with E-state index in [2.05, 4.69) is 49.0 Å². The number of hydrogen-bond donors (Lipinski definition) is 1. The minimum absolute atomic E-state index is 0.0573. The van der Waals surface area contributed by atoms with Gasteiger partial charge in [-0.15, -0.1) is 10.2 Å². The van der Waals surface area contributed by atoms with E-state index < -0.39 is 0 Å². The van der Waals surface area contributed by atoms with Gasteiger partial charge in [0.15, 0.2) is 5.16 Å². The molecule has 1 saturated carbocycles. The number of para-hydroxylation sites is 1. The highest BCUT2D eigenvalue weighted by atomic mass is 32.2. The molecule has 0 saturated heterocycles. The number of benzene rings is 2. The van der Waals surface area contributed by atoms with E-state index in [9.17, 15) is 4.79 Å². The van der Waals surface area contributed by atoms with Gasteiger partial charge in [0.2, 0.25) is 0 Å². The third kappa shape index (κ3) is 3.70.